The number of aldehydes is 1. The van der Waals surface area contributed by atoms with E-state index in [1.807, 2.05) is 93.6 Å². The topological polar surface area (TPSA) is 122 Å². The van der Waals surface area contributed by atoms with Crippen LogP contribution in [0.25, 0.3) is 22.2 Å². The number of nitrogens with two attached hydrogens (primary N) is 1. The number of ether oxygens (including phenoxy) is 1. The number of rotatable bonds is 9. The van der Waals surface area contributed by atoms with E-state index in [-0.39, 0.29) is 5.57 Å². The third kappa shape index (κ3) is 5.20. The van der Waals surface area contributed by atoms with Gasteiger partial charge >= 0.3 is 0 Å². The molecule has 210 valence electrons. The molecule has 1 atom stereocenters. The Bertz CT molecular complexity index is 1620. The molecule has 0 radical (unpaired) electrons. The number of nitrogens with one attached hydrogen (secondary N) is 1. The smallest absolute Gasteiger partial charge is 0.160 e. The lowest BCUT2D eigenvalue weighted by Crippen LogP contribution is -2.56. The quantitative estimate of drug-likeness (QED) is 0.171. The molecular formula is C32H35N7O2. The number of hydrogen-bond acceptors (Lipinski definition) is 8. The van der Waals surface area contributed by atoms with Crippen LogP contribution in [-0.2, 0) is 11.3 Å². The lowest BCUT2D eigenvalue weighted by atomic mass is 9.74. The third-order valence-corrected chi connectivity index (χ3v) is 8.23. The largest absolute Gasteiger partial charge is 0.457 e. The van der Waals surface area contributed by atoms with Crippen LogP contribution in [0.5, 0.6) is 11.5 Å². The Hall–Kier alpha value is -4.52. The zero-order chi connectivity index (χ0) is 29.2. The van der Waals surface area contributed by atoms with Gasteiger partial charge in [0, 0.05) is 23.8 Å². The molecule has 1 saturated heterocycles. The number of anilines is 1. The number of nitrogens with zero attached hydrogens (tertiary/aromatic N) is 5. The molecule has 0 aliphatic carbocycles. The fraction of sp³-hybridized carbons (Fsp3) is 0.312. The van der Waals surface area contributed by atoms with Crippen LogP contribution in [0.4, 0.5) is 5.82 Å². The molecule has 3 N–H and O–H groups in total. The van der Waals surface area contributed by atoms with Gasteiger partial charge in [0.2, 0.25) is 0 Å². The Morgan fingerprint density at radius 2 is 1.88 bits per heavy atom. The summed E-state index contributed by atoms with van der Waals surface area (Å²) in [5.41, 5.74) is 8.67. The van der Waals surface area contributed by atoms with Gasteiger partial charge in [-0.05, 0) is 82.7 Å². The highest BCUT2D eigenvalue weighted by molar-refractivity contribution is 6.00. The average molecular weight is 550 g/mol. The lowest BCUT2D eigenvalue weighted by Gasteiger charge is -2.45. The minimum Gasteiger partial charge on any atom is -0.457 e. The van der Waals surface area contributed by atoms with Gasteiger partial charge in [0.15, 0.2) is 6.29 Å². The van der Waals surface area contributed by atoms with E-state index in [1.54, 1.807) is 0 Å². The van der Waals surface area contributed by atoms with E-state index in [4.69, 9.17) is 10.5 Å². The number of carbonyl (C=O) groups excluding carboxylic acids is 1. The Labute approximate surface area is 240 Å². The van der Waals surface area contributed by atoms with E-state index in [0.717, 1.165) is 53.0 Å². The minimum absolute atomic E-state index is 0.151. The maximum atomic E-state index is 12.2. The molecule has 4 aromatic rings. The highest BCUT2D eigenvalue weighted by Gasteiger charge is 2.47. The van der Waals surface area contributed by atoms with E-state index in [0.29, 0.717) is 24.3 Å². The van der Waals surface area contributed by atoms with Gasteiger partial charge in [-0.3, -0.25) is 4.79 Å². The molecule has 9 nitrogen and oxygen atoms in total. The van der Waals surface area contributed by atoms with Gasteiger partial charge < -0.3 is 25.3 Å². The molecule has 0 bridgehead atoms. The predicted molar refractivity (Wildman–Crippen MR) is 160 cm³/mol. The van der Waals surface area contributed by atoms with Crippen LogP contribution in [0.1, 0.15) is 26.7 Å². The molecule has 0 unspecified atom stereocenters. The first-order valence-electron chi connectivity index (χ1n) is 13.7. The van der Waals surface area contributed by atoms with Crippen molar-refractivity contribution < 1.29 is 9.53 Å². The van der Waals surface area contributed by atoms with Gasteiger partial charge in [-0.25, -0.2) is 9.97 Å². The summed E-state index contributed by atoms with van der Waals surface area (Å²) in [5.74, 6) is 1.87. The monoisotopic (exact) mass is 549 g/mol. The highest BCUT2D eigenvalue weighted by atomic mass is 16.5. The fourth-order valence-electron chi connectivity index (χ4n) is 5.88. The van der Waals surface area contributed by atoms with Crippen LogP contribution in [0.3, 0.4) is 0 Å². The molecule has 2 aromatic carbocycles. The molecule has 9 heteroatoms. The average Bonchev–Trinajstić information content (AvgIpc) is 3.58. The molecule has 0 spiro atoms. The SMILES string of the molecule is CN(C)C(C)(C)C(=C(C#N)C=O)[C@]1(Cn2cc(-c3ccc(Oc4ccccc4)cc3)c3c(N)ncnc32)CCCN1. The van der Waals surface area contributed by atoms with E-state index < -0.39 is 11.1 Å². The van der Waals surface area contributed by atoms with Crippen molar-refractivity contribution in [2.75, 3.05) is 26.4 Å². The van der Waals surface area contributed by atoms with Crippen molar-refractivity contribution in [3.63, 3.8) is 0 Å². The Balaban J connectivity index is 1.60. The summed E-state index contributed by atoms with van der Waals surface area (Å²) in [6.07, 6.45) is 5.87. The maximum absolute atomic E-state index is 12.2. The van der Waals surface area contributed by atoms with Crippen LogP contribution in [0.2, 0.25) is 0 Å². The molecule has 3 heterocycles. The lowest BCUT2D eigenvalue weighted by molar-refractivity contribution is -0.104. The molecule has 41 heavy (non-hydrogen) atoms. The molecule has 1 aliphatic heterocycles. The van der Waals surface area contributed by atoms with Crippen molar-refractivity contribution in [2.24, 2.45) is 0 Å². The maximum Gasteiger partial charge on any atom is 0.160 e. The van der Waals surface area contributed by atoms with Crippen molar-refractivity contribution in [3.8, 4) is 28.7 Å². The molecule has 1 fully saturated rings. The summed E-state index contributed by atoms with van der Waals surface area (Å²) >= 11 is 0. The number of nitrogen functional groups attached to an aromatic ring is 1. The first-order valence-corrected chi connectivity index (χ1v) is 13.7. The molecular weight excluding hydrogens is 514 g/mol. The van der Waals surface area contributed by atoms with E-state index >= 15 is 0 Å². The van der Waals surface area contributed by atoms with Crippen molar-refractivity contribution in [2.45, 2.75) is 44.3 Å². The second-order valence-corrected chi connectivity index (χ2v) is 11.2. The second-order valence-electron chi connectivity index (χ2n) is 11.2. The first-order chi connectivity index (χ1) is 19.7. The summed E-state index contributed by atoms with van der Waals surface area (Å²) < 4.78 is 8.05. The fourth-order valence-corrected chi connectivity index (χ4v) is 5.88. The molecule has 0 saturated carbocycles. The summed E-state index contributed by atoms with van der Waals surface area (Å²) in [6, 6.07) is 19.7. The van der Waals surface area contributed by atoms with Gasteiger partial charge in [0.25, 0.3) is 0 Å². The second kappa shape index (κ2) is 11.2. The number of allylic oxidation sites excluding steroid dienone is 1. The Kier molecular flexibility index (Phi) is 7.63. The van der Waals surface area contributed by atoms with E-state index in [9.17, 15) is 10.1 Å². The molecule has 1 aliphatic rings. The van der Waals surface area contributed by atoms with Crippen LogP contribution in [-0.4, -0.2) is 57.4 Å². The molecule has 2 aromatic heterocycles. The number of carbonyl (C=O) groups is 1. The normalized spacial score (nSPS) is 17.9. The van der Waals surface area contributed by atoms with Gasteiger partial charge in [-0.1, -0.05) is 30.3 Å². The summed E-state index contributed by atoms with van der Waals surface area (Å²) in [7, 11) is 3.93. The number of fused-ring (bicyclic) bond motifs is 1. The number of aromatic nitrogens is 3. The summed E-state index contributed by atoms with van der Waals surface area (Å²) in [4.78, 5) is 23.2. The van der Waals surface area contributed by atoms with Crippen LogP contribution >= 0.6 is 0 Å². The van der Waals surface area contributed by atoms with Crippen molar-refractivity contribution in [1.29, 1.82) is 5.26 Å². The molecule has 5 rings (SSSR count). The predicted octanol–water partition coefficient (Wildman–Crippen LogP) is 4.95. The number of nitriles is 1. The minimum atomic E-state index is -0.643. The van der Waals surface area contributed by atoms with E-state index in [1.165, 1.54) is 6.33 Å². The van der Waals surface area contributed by atoms with Gasteiger partial charge in [0.1, 0.15) is 35.4 Å². The third-order valence-electron chi connectivity index (χ3n) is 8.23. The summed E-state index contributed by atoms with van der Waals surface area (Å²) in [6.45, 7) is 5.32. The standard InChI is InChI=1S/C32H35N7O2/c1-31(2,38(3)4)28(23(17-33)19-40)32(15-8-16-37-32)20-39-18-26(27-29(34)35-21-36-30(27)39)22-11-13-25(14-12-22)41-24-9-6-5-7-10-24/h5-7,9-14,18-19,21,37H,8,15-16,20H2,1-4H3,(H2,34,35,36)/t32-/m1/s1. The van der Waals surface area contributed by atoms with Gasteiger partial charge in [-0.2, -0.15) is 5.26 Å². The number of benzene rings is 2. The van der Waals surface area contributed by atoms with Crippen LogP contribution in [0.15, 0.2) is 78.3 Å². The number of hydrogen-bond donors (Lipinski definition) is 2. The van der Waals surface area contributed by atoms with E-state index in [2.05, 4.69) is 25.9 Å². The first kappa shape index (κ1) is 28.0. The van der Waals surface area contributed by atoms with Crippen molar-refractivity contribution in [1.82, 2.24) is 24.8 Å². The number of para-hydroxylation sites is 1. The van der Waals surface area contributed by atoms with Crippen molar-refractivity contribution >= 4 is 23.1 Å². The van der Waals surface area contributed by atoms with Gasteiger partial charge in [0.05, 0.1) is 16.5 Å². The van der Waals surface area contributed by atoms with Crippen LogP contribution in [0, 0.1) is 11.3 Å². The van der Waals surface area contributed by atoms with Crippen molar-refractivity contribution in [3.05, 3.63) is 78.3 Å². The zero-order valence-corrected chi connectivity index (χ0v) is 23.9. The van der Waals surface area contributed by atoms with Crippen LogP contribution < -0.4 is 15.8 Å². The molecule has 0 amide bonds. The van der Waals surface area contributed by atoms with Gasteiger partial charge in [-0.15, -0.1) is 0 Å². The Morgan fingerprint density at radius 3 is 2.49 bits per heavy atom. The zero-order valence-electron chi connectivity index (χ0n) is 23.9. The Morgan fingerprint density at radius 1 is 1.17 bits per heavy atom. The number of likely N-dealkylation sites (N-methyl/N-ethyl adjacent to an activating group) is 1. The summed E-state index contributed by atoms with van der Waals surface area (Å²) in [5, 5.41) is 14.5. The highest BCUT2D eigenvalue weighted by Crippen LogP contribution is 2.42.